The molecule has 2 nitrogen and oxygen atoms in total. The van der Waals surface area contributed by atoms with Crippen molar-refractivity contribution in [1.82, 2.24) is 4.90 Å². The van der Waals surface area contributed by atoms with Crippen molar-refractivity contribution in [3.63, 3.8) is 0 Å². The zero-order valence-electron chi connectivity index (χ0n) is 15.6. The smallest absolute Gasteiger partial charge is 0.0997 e. The molecule has 0 saturated heterocycles. The summed E-state index contributed by atoms with van der Waals surface area (Å²) in [4.78, 5) is 2.38. The molecule has 0 spiro atoms. The van der Waals surface area contributed by atoms with Gasteiger partial charge in [0.05, 0.1) is 11.6 Å². The minimum absolute atomic E-state index is 0.652. The lowest BCUT2D eigenvalue weighted by Gasteiger charge is -2.27. The Kier molecular flexibility index (Phi) is 8.77. The van der Waals surface area contributed by atoms with Gasteiger partial charge in [0.25, 0.3) is 0 Å². The first-order valence-corrected chi connectivity index (χ1v) is 9.22. The number of allylic oxidation sites excluding steroid dienone is 5. The molecule has 0 aliphatic heterocycles. The second-order valence-electron chi connectivity index (χ2n) is 7.17. The van der Waals surface area contributed by atoms with Crippen LogP contribution in [0.4, 0.5) is 0 Å². The van der Waals surface area contributed by atoms with Crippen molar-refractivity contribution >= 4 is 0 Å². The Balaban J connectivity index is 2.84. The van der Waals surface area contributed by atoms with Crippen molar-refractivity contribution in [2.75, 3.05) is 13.6 Å². The molecule has 1 rings (SSSR count). The maximum absolute atomic E-state index is 9.60. The van der Waals surface area contributed by atoms with E-state index in [1.54, 1.807) is 0 Å². The Hall–Kier alpha value is -1.49. The van der Waals surface area contributed by atoms with Gasteiger partial charge in [-0.25, -0.2) is 0 Å². The lowest BCUT2D eigenvalue weighted by molar-refractivity contribution is 0.380. The molecule has 128 valence electrons. The lowest BCUT2D eigenvalue weighted by Crippen LogP contribution is -2.21. The van der Waals surface area contributed by atoms with Gasteiger partial charge >= 0.3 is 0 Å². The highest BCUT2D eigenvalue weighted by Gasteiger charge is 2.16. The molecule has 0 amide bonds. The summed E-state index contributed by atoms with van der Waals surface area (Å²) in [6.45, 7) is 12.0. The molecule has 0 fully saturated rings. The first-order valence-electron chi connectivity index (χ1n) is 9.22. The molecule has 0 bridgehead atoms. The minimum Gasteiger partial charge on any atom is -0.378 e. The van der Waals surface area contributed by atoms with Gasteiger partial charge < -0.3 is 4.90 Å². The Bertz CT molecular complexity index is 488. The average Bonchev–Trinajstić information content (AvgIpc) is 2.54. The highest BCUT2D eigenvalue weighted by molar-refractivity contribution is 5.49. The van der Waals surface area contributed by atoms with E-state index in [-0.39, 0.29) is 0 Å². The summed E-state index contributed by atoms with van der Waals surface area (Å²) in [5.41, 5.74) is 4.43. The Morgan fingerprint density at radius 3 is 2.70 bits per heavy atom. The molecule has 1 aliphatic carbocycles. The van der Waals surface area contributed by atoms with Gasteiger partial charge in [-0.05, 0) is 61.7 Å². The number of hydrogen-bond acceptors (Lipinski definition) is 2. The fourth-order valence-corrected chi connectivity index (χ4v) is 3.01. The first kappa shape index (κ1) is 19.6. The summed E-state index contributed by atoms with van der Waals surface area (Å²) in [7, 11) is 2.18. The molecule has 0 aromatic rings. The quantitative estimate of drug-likeness (QED) is 0.386. The van der Waals surface area contributed by atoms with E-state index >= 15 is 0 Å². The number of nitriles is 1. The van der Waals surface area contributed by atoms with Crippen LogP contribution in [0.2, 0.25) is 0 Å². The summed E-state index contributed by atoms with van der Waals surface area (Å²) in [5, 5.41) is 9.60. The highest BCUT2D eigenvalue weighted by Crippen LogP contribution is 2.30. The molecule has 0 heterocycles. The van der Waals surface area contributed by atoms with E-state index in [1.807, 2.05) is 0 Å². The molecule has 0 unspecified atom stereocenters. The number of rotatable bonds is 9. The van der Waals surface area contributed by atoms with E-state index in [2.05, 4.69) is 51.4 Å². The van der Waals surface area contributed by atoms with Crippen molar-refractivity contribution < 1.29 is 0 Å². The van der Waals surface area contributed by atoms with Crippen LogP contribution in [0.1, 0.15) is 72.1 Å². The molecule has 0 saturated carbocycles. The predicted molar refractivity (Wildman–Crippen MR) is 99.9 cm³/mol. The van der Waals surface area contributed by atoms with Crippen LogP contribution in [0.3, 0.4) is 0 Å². The molecule has 0 atom stereocenters. The van der Waals surface area contributed by atoms with E-state index in [0.29, 0.717) is 5.92 Å². The summed E-state index contributed by atoms with van der Waals surface area (Å²) < 4.78 is 0. The molecule has 23 heavy (non-hydrogen) atoms. The third-order valence-electron chi connectivity index (χ3n) is 4.62. The summed E-state index contributed by atoms with van der Waals surface area (Å²) in [6, 6.07) is 2.42. The van der Waals surface area contributed by atoms with Gasteiger partial charge in [-0.1, -0.05) is 40.2 Å². The van der Waals surface area contributed by atoms with Crippen molar-refractivity contribution in [3.8, 4) is 6.07 Å². The molecule has 1 aliphatic rings. The second-order valence-corrected chi connectivity index (χ2v) is 7.17. The summed E-state index contributed by atoms with van der Waals surface area (Å²) in [5.74, 6) is 0.652. The van der Waals surface area contributed by atoms with Gasteiger partial charge in [0.1, 0.15) is 0 Å². The van der Waals surface area contributed by atoms with E-state index in [9.17, 15) is 5.26 Å². The van der Waals surface area contributed by atoms with E-state index in [1.165, 1.54) is 30.5 Å². The Labute approximate surface area is 143 Å². The number of hydrogen-bond donors (Lipinski definition) is 0. The maximum atomic E-state index is 9.60. The molecule has 0 N–H and O–H groups in total. The predicted octanol–water partition coefficient (Wildman–Crippen LogP) is 5.99. The normalized spacial score (nSPS) is 16.8. The standard InChI is InChI=1S/C21H34N2/c1-6-7-8-14-23(5)20-11-9-10-19(15-20)21(16-22)18(4)13-12-17(2)3/h15,17H,4,6-14H2,1-3,5H3/b21-19-. The maximum Gasteiger partial charge on any atom is 0.0997 e. The van der Waals surface area contributed by atoms with Crippen LogP contribution in [0.15, 0.2) is 35.1 Å². The summed E-state index contributed by atoms with van der Waals surface area (Å²) >= 11 is 0. The SMILES string of the molecule is C=C(CCC(C)C)/C(C#N)=C1\C=C(N(C)CCCCC)CCC1. The highest BCUT2D eigenvalue weighted by atomic mass is 15.1. The van der Waals surface area contributed by atoms with E-state index in [0.717, 1.165) is 49.8 Å². The van der Waals surface area contributed by atoms with Crippen LogP contribution in [0.25, 0.3) is 0 Å². The third-order valence-corrected chi connectivity index (χ3v) is 4.62. The van der Waals surface area contributed by atoms with Crippen molar-refractivity contribution in [3.05, 3.63) is 35.1 Å². The second kappa shape index (κ2) is 10.3. The van der Waals surface area contributed by atoms with Gasteiger partial charge in [-0.2, -0.15) is 5.26 Å². The van der Waals surface area contributed by atoms with Crippen molar-refractivity contribution in [1.29, 1.82) is 5.26 Å². The zero-order valence-corrected chi connectivity index (χ0v) is 15.6. The fraction of sp³-hybridized carbons (Fsp3) is 0.667. The van der Waals surface area contributed by atoms with Crippen molar-refractivity contribution in [2.45, 2.75) is 72.1 Å². The molecule has 0 radical (unpaired) electrons. The van der Waals surface area contributed by atoms with Crippen LogP contribution < -0.4 is 0 Å². The minimum atomic E-state index is 0.652. The Morgan fingerprint density at radius 2 is 2.09 bits per heavy atom. The van der Waals surface area contributed by atoms with Gasteiger partial charge in [-0.3, -0.25) is 0 Å². The Morgan fingerprint density at radius 1 is 1.35 bits per heavy atom. The molecule has 0 aromatic heterocycles. The molecular formula is C21H34N2. The van der Waals surface area contributed by atoms with Crippen LogP contribution in [-0.2, 0) is 0 Å². The number of nitrogens with zero attached hydrogens (tertiary/aromatic N) is 2. The van der Waals surface area contributed by atoms with Crippen molar-refractivity contribution in [2.24, 2.45) is 5.92 Å². The fourth-order valence-electron chi connectivity index (χ4n) is 3.01. The van der Waals surface area contributed by atoms with Crippen LogP contribution >= 0.6 is 0 Å². The largest absolute Gasteiger partial charge is 0.378 e. The lowest BCUT2D eigenvalue weighted by atomic mass is 9.89. The average molecular weight is 315 g/mol. The van der Waals surface area contributed by atoms with Gasteiger partial charge in [0.15, 0.2) is 0 Å². The monoisotopic (exact) mass is 314 g/mol. The molecule has 2 heteroatoms. The number of unbranched alkanes of at least 4 members (excludes halogenated alkanes) is 2. The first-order chi connectivity index (χ1) is 11.0. The van der Waals surface area contributed by atoms with Gasteiger partial charge in [0.2, 0.25) is 0 Å². The zero-order chi connectivity index (χ0) is 17.2. The van der Waals surface area contributed by atoms with Gasteiger partial charge in [0, 0.05) is 19.3 Å². The van der Waals surface area contributed by atoms with Crippen LogP contribution in [-0.4, -0.2) is 18.5 Å². The topological polar surface area (TPSA) is 27.0 Å². The van der Waals surface area contributed by atoms with Crippen LogP contribution in [0, 0.1) is 17.2 Å². The summed E-state index contributed by atoms with van der Waals surface area (Å²) in [6.07, 6.45) is 11.4. The molecule has 0 aromatic carbocycles. The van der Waals surface area contributed by atoms with Crippen LogP contribution in [0.5, 0.6) is 0 Å². The van der Waals surface area contributed by atoms with E-state index in [4.69, 9.17) is 0 Å². The van der Waals surface area contributed by atoms with Gasteiger partial charge in [-0.15, -0.1) is 0 Å². The third kappa shape index (κ3) is 6.65. The molecular weight excluding hydrogens is 280 g/mol. The van der Waals surface area contributed by atoms with E-state index < -0.39 is 0 Å².